The highest BCUT2D eigenvalue weighted by Crippen LogP contribution is 2.44. The van der Waals surface area contributed by atoms with Gasteiger partial charge in [0.2, 0.25) is 0 Å². The monoisotopic (exact) mass is 386 g/mol. The lowest BCUT2D eigenvalue weighted by Gasteiger charge is -2.29. The highest BCUT2D eigenvalue weighted by Gasteiger charge is 2.33. The van der Waals surface area contributed by atoms with Gasteiger partial charge in [-0.15, -0.1) is 0 Å². The van der Waals surface area contributed by atoms with Gasteiger partial charge in [0, 0.05) is 11.5 Å². The molecule has 0 saturated carbocycles. The summed E-state index contributed by atoms with van der Waals surface area (Å²) in [6.07, 6.45) is -1.63. The van der Waals surface area contributed by atoms with Crippen molar-refractivity contribution in [1.82, 2.24) is 0 Å². The van der Waals surface area contributed by atoms with Crippen molar-refractivity contribution in [3.8, 4) is 0 Å². The average molecular weight is 386 g/mol. The number of alkyl halides is 3. The third-order valence-electron chi connectivity index (χ3n) is 5.38. The molecule has 2 aromatic carbocycles. The third-order valence-corrected chi connectivity index (χ3v) is 5.38. The molecule has 0 N–H and O–H groups in total. The molecule has 28 heavy (non-hydrogen) atoms. The van der Waals surface area contributed by atoms with Crippen LogP contribution < -0.4 is 0 Å². The van der Waals surface area contributed by atoms with Gasteiger partial charge in [0.15, 0.2) is 0 Å². The zero-order valence-electron chi connectivity index (χ0n) is 16.9. The van der Waals surface area contributed by atoms with E-state index in [1.165, 1.54) is 6.07 Å². The summed E-state index contributed by atoms with van der Waals surface area (Å²) in [7, 11) is 1.60. The minimum absolute atomic E-state index is 0.243. The number of hydrogen-bond acceptors (Lipinski definition) is 1. The fourth-order valence-corrected chi connectivity index (χ4v) is 3.91. The fourth-order valence-electron chi connectivity index (χ4n) is 3.91. The predicted octanol–water partition coefficient (Wildman–Crippen LogP) is 7.12. The number of benzene rings is 2. The van der Waals surface area contributed by atoms with Crippen LogP contribution in [-0.4, -0.2) is 7.11 Å². The minimum atomic E-state index is -4.37. The molecule has 0 bridgehead atoms. The van der Waals surface area contributed by atoms with Gasteiger partial charge in [-0.25, -0.2) is 0 Å². The zero-order valence-corrected chi connectivity index (χ0v) is 16.9. The molecule has 0 aromatic heterocycles. The molecule has 2 aromatic rings. The Balaban J connectivity index is 2.22. The molecule has 1 nitrogen and oxygen atoms in total. The highest BCUT2D eigenvalue weighted by molar-refractivity contribution is 5.80. The van der Waals surface area contributed by atoms with Crippen LogP contribution in [0.15, 0.2) is 53.8 Å². The number of rotatable bonds is 3. The molecule has 1 unspecified atom stereocenters. The number of halogens is 3. The van der Waals surface area contributed by atoms with Gasteiger partial charge in [0.1, 0.15) is 5.76 Å². The maximum atomic E-state index is 13.3. The van der Waals surface area contributed by atoms with Gasteiger partial charge in [-0.05, 0) is 68.5 Å². The fraction of sp³-hybridized carbons (Fsp3) is 0.333. The van der Waals surface area contributed by atoms with Gasteiger partial charge in [-0.3, -0.25) is 0 Å². The molecule has 1 aliphatic carbocycles. The summed E-state index contributed by atoms with van der Waals surface area (Å²) in [5, 5.41) is 0. The first-order chi connectivity index (χ1) is 13.1. The molecule has 3 rings (SSSR count). The van der Waals surface area contributed by atoms with E-state index in [0.717, 1.165) is 45.2 Å². The predicted molar refractivity (Wildman–Crippen MR) is 107 cm³/mol. The van der Waals surface area contributed by atoms with E-state index in [0.29, 0.717) is 12.0 Å². The van der Waals surface area contributed by atoms with E-state index in [1.54, 1.807) is 13.2 Å². The molecular weight excluding hydrogens is 361 g/mol. The molecule has 0 amide bonds. The first-order valence-electron chi connectivity index (χ1n) is 9.32. The van der Waals surface area contributed by atoms with Crippen molar-refractivity contribution in [1.29, 1.82) is 0 Å². The van der Waals surface area contributed by atoms with Crippen LogP contribution in [0.4, 0.5) is 13.2 Å². The Hall–Kier alpha value is -2.49. The number of methoxy groups -OCH3 is 1. The number of allylic oxidation sites excluding steroid dienone is 4. The molecule has 148 valence electrons. The standard InChI is InChI=1S/C24H25F3O/c1-14-6-7-16(3)19(10-14)21-11-15(2)12-22(23(21)28-5)20-13-18(24(25,26)27)9-8-17(20)4/h6-11,13,22H,12H2,1-5H3. The van der Waals surface area contributed by atoms with Crippen molar-refractivity contribution < 1.29 is 17.9 Å². The van der Waals surface area contributed by atoms with Crippen LogP contribution in [0.5, 0.6) is 0 Å². The van der Waals surface area contributed by atoms with E-state index in [1.807, 2.05) is 27.7 Å². The molecule has 0 spiro atoms. The molecule has 0 radical (unpaired) electrons. The highest BCUT2D eigenvalue weighted by atomic mass is 19.4. The van der Waals surface area contributed by atoms with Crippen LogP contribution in [-0.2, 0) is 10.9 Å². The topological polar surface area (TPSA) is 9.23 Å². The van der Waals surface area contributed by atoms with Gasteiger partial charge in [-0.2, -0.15) is 13.2 Å². The molecule has 1 atom stereocenters. The Kier molecular flexibility index (Phi) is 5.42. The van der Waals surface area contributed by atoms with E-state index in [4.69, 9.17) is 4.74 Å². The first-order valence-corrected chi connectivity index (χ1v) is 9.32. The van der Waals surface area contributed by atoms with Gasteiger partial charge < -0.3 is 4.74 Å². The summed E-state index contributed by atoms with van der Waals surface area (Å²) in [4.78, 5) is 0. The second kappa shape index (κ2) is 7.50. The normalized spacial score (nSPS) is 17.6. The second-order valence-corrected chi connectivity index (χ2v) is 7.62. The second-order valence-electron chi connectivity index (χ2n) is 7.62. The van der Waals surface area contributed by atoms with Gasteiger partial charge >= 0.3 is 6.18 Å². The van der Waals surface area contributed by atoms with Crippen LogP contribution in [0.25, 0.3) is 5.57 Å². The van der Waals surface area contributed by atoms with Crippen molar-refractivity contribution in [3.05, 3.63) is 87.2 Å². The Morgan fingerprint density at radius 3 is 2.25 bits per heavy atom. The van der Waals surface area contributed by atoms with Gasteiger partial charge in [0.25, 0.3) is 0 Å². The quantitative estimate of drug-likeness (QED) is 0.545. The third kappa shape index (κ3) is 3.87. The maximum absolute atomic E-state index is 13.3. The molecule has 1 aliphatic rings. The van der Waals surface area contributed by atoms with Gasteiger partial charge in [-0.1, -0.05) is 41.5 Å². The van der Waals surface area contributed by atoms with E-state index in [-0.39, 0.29) is 5.92 Å². The average Bonchev–Trinajstić information content (AvgIpc) is 2.62. The van der Waals surface area contributed by atoms with Crippen LogP contribution in [0.2, 0.25) is 0 Å². The molecule has 4 heteroatoms. The lowest BCUT2D eigenvalue weighted by molar-refractivity contribution is -0.137. The van der Waals surface area contributed by atoms with Crippen molar-refractivity contribution in [2.75, 3.05) is 7.11 Å². The lowest BCUT2D eigenvalue weighted by Crippen LogP contribution is -2.15. The van der Waals surface area contributed by atoms with Crippen molar-refractivity contribution >= 4 is 5.57 Å². The van der Waals surface area contributed by atoms with Gasteiger partial charge in [0.05, 0.1) is 12.7 Å². The molecule has 0 fully saturated rings. The summed E-state index contributed by atoms with van der Waals surface area (Å²) in [6.45, 7) is 7.95. The molecule has 0 heterocycles. The zero-order chi connectivity index (χ0) is 20.6. The number of ether oxygens (including phenoxy) is 1. The molecular formula is C24H25F3O. The van der Waals surface area contributed by atoms with Crippen molar-refractivity contribution in [2.24, 2.45) is 0 Å². The first kappa shape index (κ1) is 20.2. The van der Waals surface area contributed by atoms with E-state index >= 15 is 0 Å². The summed E-state index contributed by atoms with van der Waals surface area (Å²) in [5.41, 5.74) is 6.26. The largest absolute Gasteiger partial charge is 0.500 e. The SMILES string of the molecule is COC1=C(c2cc(C)ccc2C)C=C(C)CC1c1cc(C(F)(F)F)ccc1C. The van der Waals surface area contributed by atoms with Crippen LogP contribution in [0.1, 0.15) is 52.6 Å². The van der Waals surface area contributed by atoms with Crippen molar-refractivity contribution in [3.63, 3.8) is 0 Å². The molecule has 0 aliphatic heterocycles. The van der Waals surface area contributed by atoms with Crippen molar-refractivity contribution in [2.45, 2.75) is 46.2 Å². The van der Waals surface area contributed by atoms with E-state index < -0.39 is 11.7 Å². The van der Waals surface area contributed by atoms with Crippen LogP contribution >= 0.6 is 0 Å². The Bertz CT molecular complexity index is 964. The summed E-state index contributed by atoms with van der Waals surface area (Å²) < 4.78 is 45.7. The van der Waals surface area contributed by atoms with Crippen LogP contribution in [0.3, 0.4) is 0 Å². The summed E-state index contributed by atoms with van der Waals surface area (Å²) in [6, 6.07) is 10.2. The Morgan fingerprint density at radius 2 is 1.61 bits per heavy atom. The Labute approximate surface area is 164 Å². The maximum Gasteiger partial charge on any atom is 0.416 e. The number of hydrogen-bond donors (Lipinski definition) is 0. The smallest absolute Gasteiger partial charge is 0.416 e. The number of aryl methyl sites for hydroxylation is 3. The Morgan fingerprint density at radius 1 is 0.929 bits per heavy atom. The van der Waals surface area contributed by atoms with E-state index in [2.05, 4.69) is 24.3 Å². The van der Waals surface area contributed by atoms with Crippen LogP contribution in [0, 0.1) is 20.8 Å². The lowest BCUT2D eigenvalue weighted by atomic mass is 9.79. The summed E-state index contributed by atoms with van der Waals surface area (Å²) >= 11 is 0. The minimum Gasteiger partial charge on any atom is -0.500 e. The van der Waals surface area contributed by atoms with E-state index in [9.17, 15) is 13.2 Å². The summed E-state index contributed by atoms with van der Waals surface area (Å²) in [5.74, 6) is 0.480. The molecule has 0 saturated heterocycles.